The largest absolute Gasteiger partial charge is 0.352 e. The molecule has 1 aliphatic heterocycles. The van der Waals surface area contributed by atoms with E-state index in [1.807, 2.05) is 18.2 Å². The average molecular weight is 563 g/mol. The molecule has 0 saturated heterocycles. The summed E-state index contributed by atoms with van der Waals surface area (Å²) in [6, 6.07) is 22.9. The number of amides is 1. The molecule has 0 saturated carbocycles. The lowest BCUT2D eigenvalue weighted by Crippen LogP contribution is -2.25. The van der Waals surface area contributed by atoms with E-state index in [9.17, 15) is 9.18 Å². The molecule has 0 radical (unpaired) electrons. The van der Waals surface area contributed by atoms with Gasteiger partial charge in [0.25, 0.3) is 5.91 Å². The first-order chi connectivity index (χ1) is 20.0. The first-order valence-electron chi connectivity index (χ1n) is 13.0. The van der Waals surface area contributed by atoms with Gasteiger partial charge in [-0.15, -0.1) is 0 Å². The minimum atomic E-state index is -0.359. The lowest BCUT2D eigenvalue weighted by atomic mass is 9.95. The van der Waals surface area contributed by atoms with E-state index >= 15 is 0 Å². The summed E-state index contributed by atoms with van der Waals surface area (Å²) in [5.41, 5.74) is 6.24. The highest BCUT2D eigenvalue weighted by Crippen LogP contribution is 2.34. The fraction of sp³-hybridized carbons (Fsp3) is 0.0938. The summed E-state index contributed by atoms with van der Waals surface area (Å²) in [7, 11) is 0. The highest BCUT2D eigenvalue weighted by Gasteiger charge is 2.23. The number of anilines is 2. The van der Waals surface area contributed by atoms with Gasteiger partial charge in [-0.1, -0.05) is 35.9 Å². The third-order valence-corrected chi connectivity index (χ3v) is 6.95. The maximum absolute atomic E-state index is 14.8. The predicted molar refractivity (Wildman–Crippen MR) is 158 cm³/mol. The van der Waals surface area contributed by atoms with Crippen LogP contribution in [0.1, 0.15) is 32.6 Å². The zero-order chi connectivity index (χ0) is 28.2. The van der Waals surface area contributed by atoms with Crippen molar-refractivity contribution in [2.45, 2.75) is 13.0 Å². The van der Waals surface area contributed by atoms with Crippen molar-refractivity contribution in [1.82, 2.24) is 20.3 Å². The highest BCUT2D eigenvalue weighted by molar-refractivity contribution is 6.31. The molecule has 6 rings (SSSR count). The summed E-state index contributed by atoms with van der Waals surface area (Å²) in [5.74, 6) is -0.127. The minimum absolute atomic E-state index is 0.150. The Bertz CT molecular complexity index is 1760. The van der Waals surface area contributed by atoms with Crippen molar-refractivity contribution in [3.63, 3.8) is 0 Å². The van der Waals surface area contributed by atoms with Gasteiger partial charge in [-0.25, -0.2) is 14.4 Å². The van der Waals surface area contributed by atoms with Crippen LogP contribution in [0.2, 0.25) is 5.02 Å². The van der Waals surface area contributed by atoms with E-state index in [2.05, 4.69) is 20.6 Å². The van der Waals surface area contributed by atoms with Gasteiger partial charge in [0.2, 0.25) is 5.95 Å². The zero-order valence-corrected chi connectivity index (χ0v) is 22.6. The van der Waals surface area contributed by atoms with Crippen LogP contribution in [0, 0.1) is 5.82 Å². The number of aromatic nitrogens is 3. The smallest absolute Gasteiger partial charge is 0.251 e. The molecule has 0 spiro atoms. The van der Waals surface area contributed by atoms with Crippen molar-refractivity contribution in [2.24, 2.45) is 4.99 Å². The Morgan fingerprint density at radius 3 is 2.59 bits per heavy atom. The van der Waals surface area contributed by atoms with Crippen molar-refractivity contribution >= 4 is 34.9 Å². The van der Waals surface area contributed by atoms with E-state index in [1.165, 1.54) is 6.07 Å². The SMILES string of the molecule is O=C(NCCc1cccnc1)c1ccc(Nc2ncc3c(n2)-c2ccc(Cl)cc2C(c2ccccc2F)=NC3)cc1. The van der Waals surface area contributed by atoms with E-state index in [0.717, 1.165) is 22.4 Å². The Morgan fingerprint density at radius 2 is 1.78 bits per heavy atom. The summed E-state index contributed by atoms with van der Waals surface area (Å²) >= 11 is 6.35. The number of benzene rings is 3. The fourth-order valence-corrected chi connectivity index (χ4v) is 4.84. The topological polar surface area (TPSA) is 92.2 Å². The minimum Gasteiger partial charge on any atom is -0.352 e. The monoisotopic (exact) mass is 562 g/mol. The van der Waals surface area contributed by atoms with Gasteiger partial charge < -0.3 is 10.6 Å². The Labute approximate surface area is 241 Å². The van der Waals surface area contributed by atoms with Gasteiger partial charge in [-0.3, -0.25) is 14.8 Å². The molecule has 2 aromatic heterocycles. The van der Waals surface area contributed by atoms with Crippen molar-refractivity contribution in [3.05, 3.63) is 136 Å². The number of hydrogen-bond donors (Lipinski definition) is 2. The Balaban J connectivity index is 1.20. The molecule has 41 heavy (non-hydrogen) atoms. The lowest BCUT2D eigenvalue weighted by Gasteiger charge is -2.13. The van der Waals surface area contributed by atoms with Crippen LogP contribution < -0.4 is 10.6 Å². The number of rotatable bonds is 7. The van der Waals surface area contributed by atoms with E-state index in [1.54, 1.807) is 73.2 Å². The molecule has 0 bridgehead atoms. The second-order valence-electron chi connectivity index (χ2n) is 9.47. The summed E-state index contributed by atoms with van der Waals surface area (Å²) in [5, 5.41) is 6.67. The van der Waals surface area contributed by atoms with Crippen molar-refractivity contribution in [1.29, 1.82) is 0 Å². The number of fused-ring (bicyclic) bond motifs is 3. The van der Waals surface area contributed by atoms with Gasteiger partial charge in [0.1, 0.15) is 5.82 Å². The Kier molecular flexibility index (Phi) is 7.47. The van der Waals surface area contributed by atoms with Gasteiger partial charge in [0.15, 0.2) is 0 Å². The van der Waals surface area contributed by atoms with Crippen LogP contribution >= 0.6 is 11.6 Å². The summed E-state index contributed by atoms with van der Waals surface area (Å²) in [4.78, 5) is 30.7. The molecule has 9 heteroatoms. The standard InChI is InChI=1S/C32H24ClFN6O/c33-23-9-12-25-27(16-23)30(26-5-1-2-6-28(26)34)37-18-22-19-38-32(40-29(22)25)39-24-10-7-21(8-11-24)31(41)36-15-13-20-4-3-14-35-17-20/h1-12,14,16-17,19H,13,15,18H2,(H,36,41)(H,38,39,40). The van der Waals surface area contributed by atoms with Crippen molar-refractivity contribution in [3.8, 4) is 11.3 Å². The highest BCUT2D eigenvalue weighted by atomic mass is 35.5. The molecular weight excluding hydrogens is 539 g/mol. The van der Waals surface area contributed by atoms with E-state index < -0.39 is 0 Å². The van der Waals surface area contributed by atoms with Crippen LogP contribution in [0.3, 0.4) is 0 Å². The number of nitrogens with one attached hydrogen (secondary N) is 2. The third-order valence-electron chi connectivity index (χ3n) is 6.72. The van der Waals surface area contributed by atoms with Crippen LogP contribution in [0.5, 0.6) is 0 Å². The van der Waals surface area contributed by atoms with Crippen LogP contribution in [-0.2, 0) is 13.0 Å². The molecule has 3 aromatic carbocycles. The van der Waals surface area contributed by atoms with E-state index in [4.69, 9.17) is 21.6 Å². The van der Waals surface area contributed by atoms with Crippen LogP contribution in [0.25, 0.3) is 11.3 Å². The first kappa shape index (κ1) is 26.3. The molecule has 2 N–H and O–H groups in total. The number of nitrogens with zero attached hydrogens (tertiary/aromatic N) is 4. The zero-order valence-electron chi connectivity index (χ0n) is 21.8. The predicted octanol–water partition coefficient (Wildman–Crippen LogP) is 6.40. The van der Waals surface area contributed by atoms with Gasteiger partial charge >= 0.3 is 0 Å². The summed E-state index contributed by atoms with van der Waals surface area (Å²) in [6.45, 7) is 0.804. The van der Waals surface area contributed by atoms with Gasteiger partial charge in [-0.2, -0.15) is 0 Å². The van der Waals surface area contributed by atoms with Crippen molar-refractivity contribution in [2.75, 3.05) is 11.9 Å². The molecule has 202 valence electrons. The third kappa shape index (κ3) is 5.83. The number of halogens is 2. The molecule has 1 aliphatic rings. The normalized spacial score (nSPS) is 12.0. The molecule has 0 aliphatic carbocycles. The molecule has 0 unspecified atom stereocenters. The van der Waals surface area contributed by atoms with Gasteiger partial charge in [0.05, 0.1) is 18.0 Å². The van der Waals surface area contributed by atoms with Crippen LogP contribution in [0.4, 0.5) is 16.0 Å². The molecule has 7 nitrogen and oxygen atoms in total. The van der Waals surface area contributed by atoms with Crippen molar-refractivity contribution < 1.29 is 9.18 Å². The lowest BCUT2D eigenvalue weighted by molar-refractivity contribution is 0.0954. The molecule has 5 aromatic rings. The first-order valence-corrected chi connectivity index (χ1v) is 13.4. The summed E-state index contributed by atoms with van der Waals surface area (Å²) < 4.78 is 14.8. The maximum atomic E-state index is 14.8. The Morgan fingerprint density at radius 1 is 0.927 bits per heavy atom. The van der Waals surface area contributed by atoms with E-state index in [-0.39, 0.29) is 18.3 Å². The fourth-order valence-electron chi connectivity index (χ4n) is 4.67. The van der Waals surface area contributed by atoms with Crippen LogP contribution in [0.15, 0.2) is 102 Å². The number of aliphatic imine (C=N–C) groups is 1. The quantitative estimate of drug-likeness (QED) is 0.239. The summed E-state index contributed by atoms with van der Waals surface area (Å²) in [6.07, 6.45) is 5.94. The van der Waals surface area contributed by atoms with Gasteiger partial charge in [0, 0.05) is 63.7 Å². The number of carbonyl (C=O) groups excluding carboxylic acids is 1. The van der Waals surface area contributed by atoms with Gasteiger partial charge in [-0.05, 0) is 66.6 Å². The number of pyridine rings is 1. The average Bonchev–Trinajstić information content (AvgIpc) is 3.14. The second-order valence-corrected chi connectivity index (χ2v) is 9.91. The number of hydrogen-bond acceptors (Lipinski definition) is 6. The maximum Gasteiger partial charge on any atom is 0.251 e. The molecule has 0 atom stereocenters. The van der Waals surface area contributed by atoms with E-state index in [0.29, 0.717) is 52.0 Å². The molecular formula is C32H24ClFN6O. The molecule has 3 heterocycles. The number of carbonyl (C=O) groups is 1. The molecule has 0 fully saturated rings. The second kappa shape index (κ2) is 11.7. The molecule has 1 amide bonds. The Hall–Kier alpha value is -4.95. The van der Waals surface area contributed by atoms with Crippen LogP contribution in [-0.4, -0.2) is 33.1 Å².